The Bertz CT molecular complexity index is 1190. The molecular weight excluding hydrogens is 426 g/mol. The van der Waals surface area contributed by atoms with Crippen molar-refractivity contribution in [2.45, 2.75) is 52.4 Å². The molecule has 2 fully saturated rings. The third kappa shape index (κ3) is 4.83. The fourth-order valence-corrected chi connectivity index (χ4v) is 4.51. The number of Topliss-reactive ketones (excluding diaryl/α,β-unsaturated/α-hetero) is 1. The van der Waals surface area contributed by atoms with Gasteiger partial charge in [0.1, 0.15) is 5.69 Å². The number of fused-ring (bicyclic) bond motifs is 1. The van der Waals surface area contributed by atoms with Gasteiger partial charge in [-0.3, -0.25) is 14.0 Å². The van der Waals surface area contributed by atoms with E-state index in [0.29, 0.717) is 35.4 Å². The number of amides is 1. The van der Waals surface area contributed by atoms with Crippen molar-refractivity contribution < 1.29 is 9.59 Å². The van der Waals surface area contributed by atoms with E-state index < -0.39 is 0 Å². The SMILES string of the molecule is CC(C)CNc1nc(C(=O)N2CCCCC2)cn2c(-c3ccc(C(=O)CC4CC4)cc3)cnc12. The molecule has 1 saturated carbocycles. The summed E-state index contributed by atoms with van der Waals surface area (Å²) < 4.78 is 1.95. The van der Waals surface area contributed by atoms with Gasteiger partial charge < -0.3 is 10.2 Å². The first-order valence-corrected chi connectivity index (χ1v) is 12.5. The molecule has 0 spiro atoms. The van der Waals surface area contributed by atoms with Gasteiger partial charge >= 0.3 is 0 Å². The molecule has 0 unspecified atom stereocenters. The largest absolute Gasteiger partial charge is 0.367 e. The molecule has 3 aromatic rings. The predicted octanol–water partition coefficient (Wildman–Crippen LogP) is 5.07. The van der Waals surface area contributed by atoms with Crippen molar-refractivity contribution in [1.82, 2.24) is 19.3 Å². The van der Waals surface area contributed by atoms with Crippen molar-refractivity contribution in [2.75, 3.05) is 25.0 Å². The van der Waals surface area contributed by atoms with Crippen LogP contribution in [0.5, 0.6) is 0 Å². The Morgan fingerprint density at radius 3 is 2.50 bits per heavy atom. The number of benzene rings is 1. The molecule has 7 heteroatoms. The lowest BCUT2D eigenvalue weighted by Crippen LogP contribution is -2.36. The minimum atomic E-state index is -0.0325. The first-order valence-electron chi connectivity index (χ1n) is 12.5. The number of nitrogens with one attached hydrogen (secondary N) is 1. The molecule has 1 amide bonds. The average Bonchev–Trinajstić information content (AvgIpc) is 3.57. The minimum absolute atomic E-state index is 0.0325. The fraction of sp³-hybridized carbons (Fsp3) is 0.481. The second-order valence-electron chi connectivity index (χ2n) is 10.1. The molecule has 1 aromatic carbocycles. The summed E-state index contributed by atoms with van der Waals surface area (Å²) >= 11 is 0. The number of aromatic nitrogens is 3. The van der Waals surface area contributed by atoms with Crippen LogP contribution in [0.25, 0.3) is 16.9 Å². The van der Waals surface area contributed by atoms with E-state index in [4.69, 9.17) is 4.98 Å². The first kappa shape index (κ1) is 22.6. The zero-order chi connectivity index (χ0) is 23.7. The van der Waals surface area contributed by atoms with Crippen LogP contribution < -0.4 is 5.32 Å². The molecule has 0 radical (unpaired) electrons. The van der Waals surface area contributed by atoms with Gasteiger partial charge in [0.05, 0.1) is 11.9 Å². The Balaban J connectivity index is 1.49. The van der Waals surface area contributed by atoms with E-state index in [1.54, 1.807) is 6.20 Å². The third-order valence-electron chi connectivity index (χ3n) is 6.71. The van der Waals surface area contributed by atoms with E-state index in [9.17, 15) is 9.59 Å². The number of carbonyl (C=O) groups excluding carboxylic acids is 2. The maximum atomic E-state index is 13.3. The number of likely N-dealkylation sites (tertiary alicyclic amines) is 1. The molecule has 7 nitrogen and oxygen atoms in total. The second-order valence-corrected chi connectivity index (χ2v) is 10.1. The van der Waals surface area contributed by atoms with Crippen molar-refractivity contribution in [3.63, 3.8) is 0 Å². The molecule has 1 saturated heterocycles. The second kappa shape index (κ2) is 9.57. The van der Waals surface area contributed by atoms with Crippen molar-refractivity contribution in [2.24, 2.45) is 11.8 Å². The molecule has 0 atom stereocenters. The Labute approximate surface area is 200 Å². The molecule has 0 bridgehead atoms. The van der Waals surface area contributed by atoms with E-state index in [2.05, 4.69) is 24.1 Å². The summed E-state index contributed by atoms with van der Waals surface area (Å²) in [6.07, 6.45) is 9.85. The number of nitrogens with zero attached hydrogens (tertiary/aromatic N) is 4. The van der Waals surface area contributed by atoms with Crippen molar-refractivity contribution >= 4 is 23.2 Å². The summed E-state index contributed by atoms with van der Waals surface area (Å²) in [6.45, 7) is 6.57. The van der Waals surface area contributed by atoms with Gasteiger partial charge in [-0.05, 0) is 43.9 Å². The van der Waals surface area contributed by atoms with Crippen LogP contribution in [0, 0.1) is 11.8 Å². The van der Waals surface area contributed by atoms with Gasteiger partial charge in [0.2, 0.25) is 0 Å². The minimum Gasteiger partial charge on any atom is -0.367 e. The maximum Gasteiger partial charge on any atom is 0.274 e. The van der Waals surface area contributed by atoms with E-state index in [-0.39, 0.29) is 11.7 Å². The lowest BCUT2D eigenvalue weighted by molar-refractivity contribution is 0.0717. The predicted molar refractivity (Wildman–Crippen MR) is 133 cm³/mol. The highest BCUT2D eigenvalue weighted by Gasteiger charge is 2.25. The van der Waals surface area contributed by atoms with Gasteiger partial charge in [0, 0.05) is 43.4 Å². The Morgan fingerprint density at radius 2 is 1.82 bits per heavy atom. The molecule has 1 aliphatic carbocycles. The number of piperidine rings is 1. The Morgan fingerprint density at radius 1 is 1.09 bits per heavy atom. The van der Waals surface area contributed by atoms with E-state index in [0.717, 1.165) is 49.3 Å². The zero-order valence-corrected chi connectivity index (χ0v) is 20.1. The zero-order valence-electron chi connectivity index (χ0n) is 20.1. The van der Waals surface area contributed by atoms with Crippen molar-refractivity contribution in [1.29, 1.82) is 0 Å². The summed E-state index contributed by atoms with van der Waals surface area (Å²) in [5, 5.41) is 3.39. The number of carbonyl (C=O) groups is 2. The van der Waals surface area contributed by atoms with E-state index in [1.807, 2.05) is 39.8 Å². The molecular formula is C27H33N5O2. The van der Waals surface area contributed by atoms with Gasteiger partial charge in [0.15, 0.2) is 17.2 Å². The van der Waals surface area contributed by atoms with Crippen LogP contribution in [-0.2, 0) is 0 Å². The summed E-state index contributed by atoms with van der Waals surface area (Å²) in [5.41, 5.74) is 3.70. The van der Waals surface area contributed by atoms with Gasteiger partial charge in [-0.2, -0.15) is 0 Å². The van der Waals surface area contributed by atoms with Crippen LogP contribution in [0.1, 0.15) is 73.2 Å². The lowest BCUT2D eigenvalue weighted by Gasteiger charge is -2.26. The topological polar surface area (TPSA) is 79.6 Å². The van der Waals surface area contributed by atoms with Crippen molar-refractivity contribution in [3.05, 3.63) is 47.9 Å². The third-order valence-corrected chi connectivity index (χ3v) is 6.71. The number of hydrogen-bond acceptors (Lipinski definition) is 5. The van der Waals surface area contributed by atoms with Gasteiger partial charge in [-0.25, -0.2) is 9.97 Å². The molecule has 1 N–H and O–H groups in total. The summed E-state index contributed by atoms with van der Waals surface area (Å²) in [5.74, 6) is 1.81. The molecule has 1 aliphatic heterocycles. The normalized spacial score (nSPS) is 16.3. The molecule has 178 valence electrons. The number of rotatable bonds is 8. The molecule has 3 heterocycles. The smallest absolute Gasteiger partial charge is 0.274 e. The molecule has 5 rings (SSSR count). The van der Waals surface area contributed by atoms with Crippen LogP contribution in [0.3, 0.4) is 0 Å². The van der Waals surface area contributed by atoms with E-state index in [1.165, 1.54) is 19.3 Å². The summed E-state index contributed by atoms with van der Waals surface area (Å²) in [6, 6.07) is 7.74. The number of ketones is 1. The van der Waals surface area contributed by atoms with Gasteiger partial charge in [-0.1, -0.05) is 38.1 Å². The monoisotopic (exact) mass is 459 g/mol. The molecule has 2 aliphatic rings. The fourth-order valence-electron chi connectivity index (χ4n) is 4.51. The lowest BCUT2D eigenvalue weighted by atomic mass is 10.0. The quantitative estimate of drug-likeness (QED) is 0.476. The van der Waals surface area contributed by atoms with Gasteiger partial charge in [-0.15, -0.1) is 0 Å². The van der Waals surface area contributed by atoms with Crippen LogP contribution in [0.4, 0.5) is 5.82 Å². The van der Waals surface area contributed by atoms with Crippen LogP contribution in [-0.4, -0.2) is 50.6 Å². The molecule has 2 aromatic heterocycles. The first-order chi connectivity index (χ1) is 16.5. The van der Waals surface area contributed by atoms with E-state index >= 15 is 0 Å². The highest BCUT2D eigenvalue weighted by Crippen LogP contribution is 2.34. The number of anilines is 1. The Kier molecular flexibility index (Phi) is 6.35. The Hall–Kier alpha value is -3.22. The highest BCUT2D eigenvalue weighted by atomic mass is 16.2. The number of hydrogen-bond donors (Lipinski definition) is 1. The van der Waals surface area contributed by atoms with Crippen LogP contribution in [0.2, 0.25) is 0 Å². The van der Waals surface area contributed by atoms with Crippen molar-refractivity contribution in [3.8, 4) is 11.3 Å². The summed E-state index contributed by atoms with van der Waals surface area (Å²) in [7, 11) is 0. The number of imidazole rings is 1. The summed E-state index contributed by atoms with van der Waals surface area (Å²) in [4.78, 5) is 37.0. The maximum absolute atomic E-state index is 13.3. The van der Waals surface area contributed by atoms with Crippen LogP contribution in [0.15, 0.2) is 36.7 Å². The van der Waals surface area contributed by atoms with Crippen LogP contribution >= 0.6 is 0 Å². The highest BCUT2D eigenvalue weighted by molar-refractivity contribution is 5.97. The van der Waals surface area contributed by atoms with Gasteiger partial charge in [0.25, 0.3) is 5.91 Å². The standard InChI is InChI=1S/C27H33N5O2/c1-18(2)15-28-25-26-29-16-23(20-8-10-21(11-9-20)24(33)14-19-6-7-19)32(26)17-22(30-25)27(34)31-12-4-3-5-13-31/h8-11,16-19H,3-7,12-15H2,1-2H3,(H,28,30). The molecule has 34 heavy (non-hydrogen) atoms. The average molecular weight is 460 g/mol.